The van der Waals surface area contributed by atoms with E-state index in [4.69, 9.17) is 5.26 Å². The van der Waals surface area contributed by atoms with E-state index in [0.717, 1.165) is 33.0 Å². The standard InChI is InChI=1S/C21H13N7S/c22-10-14-11-24-20(25-12-14)27-16-8-17(15-4-2-1-3-5-15)19-18(9-16)28(13-26-19)21-23-6-7-29-21/h1-9,11-13H,(H,24,25,27). The second-order valence-electron chi connectivity index (χ2n) is 6.22. The Morgan fingerprint density at radius 3 is 2.55 bits per heavy atom. The van der Waals surface area contributed by atoms with Crippen molar-refractivity contribution in [1.29, 1.82) is 5.26 Å². The van der Waals surface area contributed by atoms with E-state index in [1.807, 2.05) is 46.3 Å². The predicted octanol–water partition coefficient (Wildman–Crippen LogP) is 4.55. The van der Waals surface area contributed by atoms with Crippen molar-refractivity contribution >= 4 is 34.0 Å². The lowest BCUT2D eigenvalue weighted by Crippen LogP contribution is -1.98. The second kappa shape index (κ2) is 7.14. The maximum absolute atomic E-state index is 8.93. The number of nitrogens with zero attached hydrogens (tertiary/aromatic N) is 6. The molecule has 0 saturated heterocycles. The SMILES string of the molecule is N#Cc1cnc(Nc2cc(-c3ccccc3)c3ncn(-c4nccs4)c3c2)nc1. The molecule has 0 bridgehead atoms. The van der Waals surface area contributed by atoms with Crippen LogP contribution < -0.4 is 5.32 Å². The van der Waals surface area contributed by atoms with Crippen LogP contribution in [0.1, 0.15) is 5.56 Å². The molecular weight excluding hydrogens is 382 g/mol. The van der Waals surface area contributed by atoms with Crippen LogP contribution in [0.5, 0.6) is 0 Å². The molecule has 29 heavy (non-hydrogen) atoms. The molecule has 1 N–H and O–H groups in total. The molecule has 0 radical (unpaired) electrons. The summed E-state index contributed by atoms with van der Waals surface area (Å²) in [6.45, 7) is 0. The van der Waals surface area contributed by atoms with E-state index in [1.165, 1.54) is 12.4 Å². The first-order chi connectivity index (χ1) is 14.3. The van der Waals surface area contributed by atoms with Gasteiger partial charge in [0.2, 0.25) is 5.95 Å². The molecule has 0 aliphatic heterocycles. The van der Waals surface area contributed by atoms with E-state index in [0.29, 0.717) is 11.5 Å². The summed E-state index contributed by atoms with van der Waals surface area (Å²) in [5.74, 6) is 0.419. The van der Waals surface area contributed by atoms with E-state index in [-0.39, 0.29) is 0 Å². The topological polar surface area (TPSA) is 92.3 Å². The molecule has 5 aromatic rings. The van der Waals surface area contributed by atoms with Crippen LogP contribution >= 0.6 is 11.3 Å². The van der Waals surface area contributed by atoms with Crippen LogP contribution in [0, 0.1) is 11.3 Å². The van der Waals surface area contributed by atoms with Gasteiger partial charge in [-0.1, -0.05) is 30.3 Å². The van der Waals surface area contributed by atoms with Gasteiger partial charge in [-0.15, -0.1) is 11.3 Å². The molecule has 0 amide bonds. The third-order valence-corrected chi connectivity index (χ3v) is 5.17. The van der Waals surface area contributed by atoms with Crippen molar-refractivity contribution in [3.63, 3.8) is 0 Å². The number of benzene rings is 2. The Balaban J connectivity index is 1.67. The Bertz CT molecular complexity index is 1320. The molecule has 138 valence electrons. The monoisotopic (exact) mass is 395 g/mol. The van der Waals surface area contributed by atoms with Gasteiger partial charge in [0, 0.05) is 22.8 Å². The van der Waals surface area contributed by atoms with Crippen molar-refractivity contribution in [1.82, 2.24) is 24.5 Å². The molecule has 0 aliphatic carbocycles. The Hall–Kier alpha value is -4.09. The van der Waals surface area contributed by atoms with E-state index in [2.05, 4.69) is 37.4 Å². The molecule has 0 saturated carbocycles. The number of rotatable bonds is 4. The second-order valence-corrected chi connectivity index (χ2v) is 7.09. The van der Waals surface area contributed by atoms with Gasteiger partial charge in [-0.25, -0.2) is 19.9 Å². The van der Waals surface area contributed by atoms with Crippen LogP contribution in [0.2, 0.25) is 0 Å². The van der Waals surface area contributed by atoms with Gasteiger partial charge in [0.1, 0.15) is 12.4 Å². The van der Waals surface area contributed by atoms with E-state index in [1.54, 1.807) is 23.9 Å². The van der Waals surface area contributed by atoms with Crippen LogP contribution in [0.3, 0.4) is 0 Å². The van der Waals surface area contributed by atoms with Gasteiger partial charge in [-0.3, -0.25) is 4.57 Å². The van der Waals surface area contributed by atoms with Gasteiger partial charge in [0.15, 0.2) is 5.13 Å². The van der Waals surface area contributed by atoms with Gasteiger partial charge >= 0.3 is 0 Å². The minimum Gasteiger partial charge on any atom is -0.324 e. The molecule has 0 unspecified atom stereocenters. The normalized spacial score (nSPS) is 10.7. The van der Waals surface area contributed by atoms with Gasteiger partial charge < -0.3 is 5.32 Å². The summed E-state index contributed by atoms with van der Waals surface area (Å²) in [7, 11) is 0. The molecule has 0 atom stereocenters. The minimum absolute atomic E-state index is 0.415. The summed E-state index contributed by atoms with van der Waals surface area (Å²) in [6, 6.07) is 16.1. The lowest BCUT2D eigenvalue weighted by Gasteiger charge is -2.10. The zero-order valence-corrected chi connectivity index (χ0v) is 15.8. The molecule has 0 spiro atoms. The van der Waals surface area contributed by atoms with Crippen LogP contribution in [-0.2, 0) is 0 Å². The number of aromatic nitrogens is 5. The number of nitriles is 1. The van der Waals surface area contributed by atoms with E-state index >= 15 is 0 Å². The molecule has 8 heteroatoms. The van der Waals surface area contributed by atoms with Crippen molar-refractivity contribution in [3.8, 4) is 22.3 Å². The molecule has 3 heterocycles. The van der Waals surface area contributed by atoms with Crippen molar-refractivity contribution in [2.75, 3.05) is 5.32 Å². The number of fused-ring (bicyclic) bond motifs is 1. The fourth-order valence-electron chi connectivity index (χ4n) is 3.09. The largest absolute Gasteiger partial charge is 0.324 e. The average molecular weight is 395 g/mol. The maximum Gasteiger partial charge on any atom is 0.227 e. The lowest BCUT2D eigenvalue weighted by molar-refractivity contribution is 1.06. The Labute approximate surface area is 170 Å². The van der Waals surface area contributed by atoms with Crippen LogP contribution in [0.15, 0.2) is 72.8 Å². The third-order valence-electron chi connectivity index (χ3n) is 4.40. The summed E-state index contributed by atoms with van der Waals surface area (Å²) in [4.78, 5) is 17.5. The number of thiazole rings is 1. The Morgan fingerprint density at radius 1 is 1.00 bits per heavy atom. The summed E-state index contributed by atoms with van der Waals surface area (Å²) >= 11 is 1.55. The minimum atomic E-state index is 0.415. The highest BCUT2D eigenvalue weighted by Gasteiger charge is 2.14. The highest BCUT2D eigenvalue weighted by molar-refractivity contribution is 7.12. The van der Waals surface area contributed by atoms with Crippen molar-refractivity contribution < 1.29 is 0 Å². The number of hydrogen-bond acceptors (Lipinski definition) is 7. The summed E-state index contributed by atoms with van der Waals surface area (Å²) < 4.78 is 1.97. The summed E-state index contributed by atoms with van der Waals surface area (Å²) in [5, 5.41) is 14.9. The van der Waals surface area contributed by atoms with Crippen molar-refractivity contribution in [2.24, 2.45) is 0 Å². The first-order valence-electron chi connectivity index (χ1n) is 8.77. The Morgan fingerprint density at radius 2 is 1.83 bits per heavy atom. The van der Waals surface area contributed by atoms with Gasteiger partial charge in [-0.05, 0) is 17.7 Å². The third kappa shape index (κ3) is 3.20. The Kier molecular flexibility index (Phi) is 4.20. The zero-order chi connectivity index (χ0) is 19.6. The number of anilines is 2. The van der Waals surface area contributed by atoms with Gasteiger partial charge in [-0.2, -0.15) is 5.26 Å². The van der Waals surface area contributed by atoms with E-state index in [9.17, 15) is 0 Å². The van der Waals surface area contributed by atoms with Crippen LogP contribution in [0.25, 0.3) is 27.3 Å². The predicted molar refractivity (Wildman–Crippen MR) is 112 cm³/mol. The fraction of sp³-hybridized carbons (Fsp3) is 0. The molecule has 0 aliphatic rings. The summed E-state index contributed by atoms with van der Waals surface area (Å²) in [6.07, 6.45) is 6.55. The molecule has 2 aromatic carbocycles. The molecule has 0 fully saturated rings. The van der Waals surface area contributed by atoms with Crippen molar-refractivity contribution in [3.05, 3.63) is 78.3 Å². The molecule has 5 rings (SSSR count). The zero-order valence-electron chi connectivity index (χ0n) is 15.0. The first kappa shape index (κ1) is 17.0. The van der Waals surface area contributed by atoms with Gasteiger partial charge in [0.05, 0.1) is 29.0 Å². The van der Waals surface area contributed by atoms with Crippen molar-refractivity contribution in [2.45, 2.75) is 0 Å². The molecular formula is C21H13N7S. The molecule has 7 nitrogen and oxygen atoms in total. The lowest BCUT2D eigenvalue weighted by atomic mass is 10.0. The first-order valence-corrected chi connectivity index (χ1v) is 9.65. The van der Waals surface area contributed by atoms with Gasteiger partial charge in [0.25, 0.3) is 0 Å². The highest BCUT2D eigenvalue weighted by atomic mass is 32.1. The molecule has 3 aromatic heterocycles. The van der Waals surface area contributed by atoms with Crippen LogP contribution in [-0.4, -0.2) is 24.5 Å². The number of hydrogen-bond donors (Lipinski definition) is 1. The van der Waals surface area contributed by atoms with E-state index < -0.39 is 0 Å². The smallest absolute Gasteiger partial charge is 0.227 e. The number of imidazole rings is 1. The maximum atomic E-state index is 8.93. The number of nitrogens with one attached hydrogen (secondary N) is 1. The fourth-order valence-corrected chi connectivity index (χ4v) is 3.72. The summed E-state index contributed by atoms with van der Waals surface area (Å²) in [5.41, 5.74) is 5.10. The highest BCUT2D eigenvalue weighted by Crippen LogP contribution is 2.33. The van der Waals surface area contributed by atoms with Crippen LogP contribution in [0.4, 0.5) is 11.6 Å². The average Bonchev–Trinajstić information content (AvgIpc) is 3.44. The quantitative estimate of drug-likeness (QED) is 0.480.